The Morgan fingerprint density at radius 2 is 0.846 bits per heavy atom. The summed E-state index contributed by atoms with van der Waals surface area (Å²) in [5, 5.41) is 27.8. The molecule has 0 atom stereocenters. The van der Waals surface area contributed by atoms with Crippen LogP contribution in [0.1, 0.15) is 0 Å². The first-order valence-corrected chi connectivity index (χ1v) is 24.2. The third kappa shape index (κ3) is 8.45. The van der Waals surface area contributed by atoms with Crippen molar-refractivity contribution in [1.29, 1.82) is 0 Å². The molecule has 1 aromatic heterocycles. The summed E-state index contributed by atoms with van der Waals surface area (Å²) in [6.07, 6.45) is 0. The van der Waals surface area contributed by atoms with Crippen LogP contribution >= 0.6 is 39.8 Å². The topological polar surface area (TPSA) is 58.9 Å². The fraction of sp³-hybridized carbons (Fsp3) is 0. The summed E-state index contributed by atoms with van der Waals surface area (Å²) in [6, 6.07) is 79.3. The molecule has 0 unspecified atom stereocenters. The molecule has 0 aliphatic heterocycles. The first-order valence-electron chi connectivity index (χ1n) is 21.2. The van der Waals surface area contributed by atoms with Gasteiger partial charge in [-0.1, -0.05) is 220 Å². The first kappa shape index (κ1) is 42.0. The van der Waals surface area contributed by atoms with E-state index >= 15 is 0 Å². The summed E-state index contributed by atoms with van der Waals surface area (Å²) in [5.41, 5.74) is 4.01. The van der Waals surface area contributed by atoms with Crippen LogP contribution in [0.25, 0.3) is 76.0 Å². The van der Waals surface area contributed by atoms with Gasteiger partial charge in [0.1, 0.15) is 0 Å². The van der Waals surface area contributed by atoms with Crippen molar-refractivity contribution >= 4 is 126 Å². The summed E-state index contributed by atoms with van der Waals surface area (Å²) in [4.78, 5) is 14.8. The lowest BCUT2D eigenvalue weighted by Crippen LogP contribution is -2.20. The van der Waals surface area contributed by atoms with Crippen molar-refractivity contribution in [3.63, 3.8) is 0 Å². The van der Waals surface area contributed by atoms with E-state index in [9.17, 15) is 10.1 Å². The summed E-state index contributed by atoms with van der Waals surface area (Å²) >= 11 is 7.04. The number of nitrogens with zero attached hydrogens (tertiary/aromatic N) is 1. The minimum absolute atomic E-state index is 0.110. The minimum atomic E-state index is -0.446. The van der Waals surface area contributed by atoms with E-state index in [-0.39, 0.29) is 10.6 Å². The summed E-state index contributed by atoms with van der Waals surface area (Å²) < 4.78 is 1.93. The van der Waals surface area contributed by atoms with Crippen molar-refractivity contribution in [2.45, 2.75) is 0 Å². The van der Waals surface area contributed by atoms with Crippen molar-refractivity contribution in [3.05, 3.63) is 250 Å². The molecule has 12 aromatic rings. The van der Waals surface area contributed by atoms with Gasteiger partial charge in [-0.05, 0) is 104 Å². The van der Waals surface area contributed by atoms with Crippen LogP contribution in [-0.2, 0) is 0 Å². The number of rotatable bonds is 5. The second-order valence-corrected chi connectivity index (χ2v) is 19.7. The lowest BCUT2D eigenvalue weighted by atomic mass is 9.92. The van der Waals surface area contributed by atoms with Crippen LogP contribution in [0.5, 0.6) is 0 Å². The number of hydrogen-bond acceptors (Lipinski definition) is 2. The van der Waals surface area contributed by atoms with Crippen LogP contribution in [0, 0.1) is 10.1 Å². The van der Waals surface area contributed by atoms with Crippen LogP contribution in [0.2, 0.25) is 0 Å². The Labute approximate surface area is 394 Å². The van der Waals surface area contributed by atoms with E-state index in [0.29, 0.717) is 5.56 Å². The molecule has 0 aliphatic carbocycles. The molecule has 1 N–H and O–H groups in total. The van der Waals surface area contributed by atoms with E-state index in [1.165, 1.54) is 59.3 Å². The Hall–Kier alpha value is -6.95. The Morgan fingerprint density at radius 3 is 1.43 bits per heavy atom. The Morgan fingerprint density at radius 1 is 0.400 bits per heavy atom. The second kappa shape index (κ2) is 18.6. The van der Waals surface area contributed by atoms with Gasteiger partial charge in [0, 0.05) is 36.7 Å². The van der Waals surface area contributed by atoms with Crippen molar-refractivity contribution < 1.29 is 4.92 Å². The highest BCUT2D eigenvalue weighted by Gasteiger charge is 2.19. The average Bonchev–Trinajstić information content (AvgIpc) is 3.74. The number of aromatic nitrogens is 1. The third-order valence-electron chi connectivity index (χ3n) is 11.7. The predicted molar refractivity (Wildman–Crippen MR) is 285 cm³/mol. The van der Waals surface area contributed by atoms with Gasteiger partial charge in [-0.25, -0.2) is 0 Å². The lowest BCUT2D eigenvalue weighted by molar-refractivity contribution is -0.384. The fourth-order valence-electron chi connectivity index (χ4n) is 8.86. The normalized spacial score (nSPS) is 11.2. The van der Waals surface area contributed by atoms with E-state index < -0.39 is 7.92 Å². The molecule has 0 saturated carbocycles. The monoisotopic (exact) mass is 984 g/mol. The van der Waals surface area contributed by atoms with Gasteiger partial charge in [0.15, 0.2) is 0 Å². The largest absolute Gasteiger partial charge is 0.354 e. The van der Waals surface area contributed by atoms with Crippen molar-refractivity contribution in [1.82, 2.24) is 4.98 Å². The maximum Gasteiger partial charge on any atom is 0.277 e. The first-order chi connectivity index (χ1) is 31.9. The van der Waals surface area contributed by atoms with Gasteiger partial charge in [-0.15, -0.1) is 0 Å². The van der Waals surface area contributed by atoms with Crippen LogP contribution in [-0.4, -0.2) is 9.91 Å². The molecule has 0 aliphatic rings. The number of fused-ring (bicyclic) bond motifs is 11. The molecule has 0 spiro atoms. The third-order valence-corrected chi connectivity index (χ3v) is 15.1. The molecule has 65 heavy (non-hydrogen) atoms. The molecule has 4 nitrogen and oxygen atoms in total. The fourth-order valence-corrected chi connectivity index (χ4v) is 11.9. The molecular weight excluding hydrogens is 947 g/mol. The van der Waals surface area contributed by atoms with Crippen LogP contribution in [0.4, 0.5) is 5.69 Å². The summed E-state index contributed by atoms with van der Waals surface area (Å²) in [6.45, 7) is 0. The van der Waals surface area contributed by atoms with Crippen LogP contribution in [0.3, 0.4) is 0 Å². The molecule has 0 radical (unpaired) electrons. The predicted octanol–water partition coefficient (Wildman–Crippen LogP) is 16.2. The molecule has 11 aromatic carbocycles. The number of nitro groups is 1. The van der Waals surface area contributed by atoms with Gasteiger partial charge < -0.3 is 4.98 Å². The second-order valence-electron chi connectivity index (χ2n) is 15.6. The SMILES string of the molecule is Brc1ccc2[nH]c3c4ccccc4c4ccccc4c3c2c1.O=[N+]([O-])c1ccc(Br)cc1-c1cc2ccccc2c2ccccc12.c1ccc(P(c2ccccc2)c2ccccc2)cc1. The number of H-pyrrole nitrogens is 1. The Bertz CT molecular complexity index is 3580. The van der Waals surface area contributed by atoms with Gasteiger partial charge in [-0.3, -0.25) is 10.1 Å². The molecule has 0 saturated heterocycles. The van der Waals surface area contributed by atoms with E-state index in [1.807, 2.05) is 48.5 Å². The zero-order chi connectivity index (χ0) is 44.3. The molecule has 0 amide bonds. The number of halogens is 2. The molecule has 0 bridgehead atoms. The maximum atomic E-state index is 11.5. The van der Waals surface area contributed by atoms with Gasteiger partial charge in [-0.2, -0.15) is 0 Å². The number of nitrogens with one attached hydrogen (secondary N) is 1. The Balaban J connectivity index is 0.000000116. The van der Waals surface area contributed by atoms with Crippen molar-refractivity contribution in [2.75, 3.05) is 0 Å². The smallest absolute Gasteiger partial charge is 0.277 e. The van der Waals surface area contributed by atoms with Gasteiger partial charge in [0.2, 0.25) is 0 Å². The summed E-state index contributed by atoms with van der Waals surface area (Å²) in [7, 11) is -0.446. The number of aromatic amines is 1. The maximum absolute atomic E-state index is 11.5. The van der Waals surface area contributed by atoms with E-state index in [1.54, 1.807) is 12.1 Å². The lowest BCUT2D eigenvalue weighted by Gasteiger charge is -2.18. The molecule has 1 heterocycles. The molecule has 12 rings (SSSR count). The van der Waals surface area contributed by atoms with Gasteiger partial charge in [0.25, 0.3) is 5.69 Å². The highest BCUT2D eigenvalue weighted by molar-refractivity contribution is 9.10. The minimum Gasteiger partial charge on any atom is -0.354 e. The quantitative estimate of drug-likeness (QED) is 0.0808. The van der Waals surface area contributed by atoms with Gasteiger partial charge in [0.05, 0.1) is 16.0 Å². The molecule has 312 valence electrons. The van der Waals surface area contributed by atoms with Crippen LogP contribution in [0.15, 0.2) is 239 Å². The van der Waals surface area contributed by atoms with Gasteiger partial charge >= 0.3 is 0 Å². The number of hydrogen-bond donors (Lipinski definition) is 1. The Kier molecular flexibility index (Phi) is 12.1. The average molecular weight is 987 g/mol. The zero-order valence-electron chi connectivity index (χ0n) is 34.9. The van der Waals surface area contributed by atoms with Crippen molar-refractivity contribution in [2.24, 2.45) is 0 Å². The van der Waals surface area contributed by atoms with Crippen molar-refractivity contribution in [3.8, 4) is 11.1 Å². The van der Waals surface area contributed by atoms with E-state index in [2.05, 4.69) is 207 Å². The zero-order valence-corrected chi connectivity index (χ0v) is 39.0. The molecule has 0 fully saturated rings. The molecular formula is C58H39Br2N2O2P. The van der Waals surface area contributed by atoms with Crippen LogP contribution < -0.4 is 15.9 Å². The highest BCUT2D eigenvalue weighted by atomic mass is 79.9. The molecule has 7 heteroatoms. The number of benzene rings is 11. The number of nitro benzene ring substituents is 1. The highest BCUT2D eigenvalue weighted by Crippen LogP contribution is 2.41. The standard InChI is InChI=1S/C20H12BrNO2.C20H12BrN.C18H15P/c21-14-9-10-20(22(23)24)19(12-14)18-11-13-5-1-2-6-15(13)16-7-3-4-8-17(16)18;21-12-9-10-18-17(11-12)19-15-7-3-1-5-13(15)14-6-2-4-8-16(14)20(19)22-18;1-4-10-16(11-5-1)19(17-12-6-2-7-13-17)18-14-8-3-9-15-18/h1-12H;1-11,22H;1-15H. The summed E-state index contributed by atoms with van der Waals surface area (Å²) in [5.74, 6) is 0. The van der Waals surface area contributed by atoms with E-state index in [0.717, 1.165) is 36.1 Å². The van der Waals surface area contributed by atoms with E-state index in [4.69, 9.17) is 0 Å².